The fourth-order valence-electron chi connectivity index (χ4n) is 1.06. The van der Waals surface area contributed by atoms with Crippen molar-refractivity contribution in [1.29, 1.82) is 0 Å². The van der Waals surface area contributed by atoms with E-state index in [1.54, 1.807) is 0 Å². The number of rotatable bonds is 5. The van der Waals surface area contributed by atoms with Crippen LogP contribution in [0.5, 0.6) is 0 Å². The molecule has 0 bridgehead atoms. The van der Waals surface area contributed by atoms with Crippen molar-refractivity contribution in [2.24, 2.45) is 0 Å². The van der Waals surface area contributed by atoms with E-state index in [2.05, 4.69) is 4.74 Å². The van der Waals surface area contributed by atoms with Gasteiger partial charge in [0.2, 0.25) is 0 Å². The molecule has 0 heterocycles. The molecule has 0 aromatic rings. The lowest BCUT2D eigenvalue weighted by atomic mass is 10.0. The maximum absolute atomic E-state index is 10.8. The molecule has 0 aromatic heterocycles. The molecule has 0 saturated heterocycles. The van der Waals surface area contributed by atoms with Crippen LogP contribution in [0.1, 0.15) is 6.92 Å². The summed E-state index contributed by atoms with van der Waals surface area (Å²) >= 11 is 0. The minimum absolute atomic E-state index is 0.721. The normalized spacial score (nSPS) is 15.1. The third-order valence-corrected chi connectivity index (χ3v) is 2.30. The topological polar surface area (TPSA) is 145 Å². The number of ether oxygens (including phenoxy) is 1. The minimum atomic E-state index is -3.65. The highest BCUT2D eigenvalue weighted by Crippen LogP contribution is 2.27. The van der Waals surface area contributed by atoms with E-state index in [1.165, 1.54) is 21.1 Å². The quantitative estimate of drug-likeness (QED) is 0.202. The lowest BCUT2D eigenvalue weighted by molar-refractivity contribution is -0.985. The standard InChI is InChI=1S/C9H17NO8/c1-5(11)18-6(8(14,15)7(12)13)9(16,17)10(2,3)4/h6,14-17H,1-4H3/p+1. The summed E-state index contributed by atoms with van der Waals surface area (Å²) in [5.74, 6) is -9.97. The number of hydrogen-bond donors (Lipinski definition) is 5. The number of carboxylic acid groups (broad SMARTS) is 1. The first kappa shape index (κ1) is 16.7. The van der Waals surface area contributed by atoms with Gasteiger partial charge >= 0.3 is 23.6 Å². The number of quaternary nitrogens is 1. The molecule has 9 heteroatoms. The van der Waals surface area contributed by atoms with Crippen LogP contribution in [-0.4, -0.2) is 80.9 Å². The van der Waals surface area contributed by atoms with Crippen LogP contribution in [-0.2, 0) is 14.3 Å². The largest absolute Gasteiger partial charge is 0.477 e. The van der Waals surface area contributed by atoms with Gasteiger partial charge in [-0.3, -0.25) is 9.28 Å². The molecule has 18 heavy (non-hydrogen) atoms. The van der Waals surface area contributed by atoms with E-state index in [9.17, 15) is 30.0 Å². The van der Waals surface area contributed by atoms with E-state index in [4.69, 9.17) is 5.11 Å². The number of hydrogen-bond acceptors (Lipinski definition) is 7. The van der Waals surface area contributed by atoms with Crippen molar-refractivity contribution < 1.29 is 44.3 Å². The molecule has 0 saturated carbocycles. The Balaban J connectivity index is 5.65. The van der Waals surface area contributed by atoms with E-state index in [1.807, 2.05) is 0 Å². The summed E-state index contributed by atoms with van der Waals surface area (Å²) in [4.78, 5) is 21.5. The number of carboxylic acids is 1. The van der Waals surface area contributed by atoms with Crippen molar-refractivity contribution in [2.75, 3.05) is 21.1 Å². The Hall–Kier alpha value is -1.26. The number of carbonyl (C=O) groups excluding carboxylic acids is 1. The Bertz CT molecular complexity index is 343. The SMILES string of the molecule is CC(=O)OC(C(O)(O)C(=O)O)C(O)(O)[N+](C)(C)C. The van der Waals surface area contributed by atoms with Crippen LogP contribution in [0, 0.1) is 0 Å². The third-order valence-electron chi connectivity index (χ3n) is 2.30. The molecule has 0 rings (SSSR count). The van der Waals surface area contributed by atoms with Gasteiger partial charge in [0, 0.05) is 6.92 Å². The van der Waals surface area contributed by atoms with Gasteiger partial charge in [0.25, 0.3) is 6.10 Å². The number of likely N-dealkylation sites (N-methyl/N-ethyl adjacent to an activating group) is 1. The highest BCUT2D eigenvalue weighted by molar-refractivity contribution is 5.77. The molecule has 0 amide bonds. The lowest BCUT2D eigenvalue weighted by Gasteiger charge is -2.43. The molecule has 0 aliphatic carbocycles. The van der Waals surface area contributed by atoms with Crippen LogP contribution in [0.4, 0.5) is 0 Å². The zero-order valence-electron chi connectivity index (χ0n) is 10.5. The van der Waals surface area contributed by atoms with Crippen LogP contribution in [0.25, 0.3) is 0 Å². The zero-order valence-corrected chi connectivity index (χ0v) is 10.5. The van der Waals surface area contributed by atoms with Crippen molar-refractivity contribution in [3.05, 3.63) is 0 Å². The number of aliphatic carboxylic acids is 1. The average Bonchev–Trinajstić information content (AvgIpc) is 2.11. The Kier molecular flexibility index (Phi) is 4.45. The monoisotopic (exact) mass is 268 g/mol. The number of aliphatic hydroxyl groups is 4. The highest BCUT2D eigenvalue weighted by Gasteiger charge is 2.63. The van der Waals surface area contributed by atoms with Crippen LogP contribution in [0.15, 0.2) is 0 Å². The van der Waals surface area contributed by atoms with Crippen molar-refractivity contribution in [3.63, 3.8) is 0 Å². The van der Waals surface area contributed by atoms with E-state index in [0.717, 1.165) is 6.92 Å². The minimum Gasteiger partial charge on any atom is -0.477 e. The maximum Gasteiger partial charge on any atom is 0.368 e. The van der Waals surface area contributed by atoms with Crippen LogP contribution in [0.3, 0.4) is 0 Å². The fourth-order valence-corrected chi connectivity index (χ4v) is 1.06. The van der Waals surface area contributed by atoms with Crippen molar-refractivity contribution in [1.82, 2.24) is 0 Å². The Morgan fingerprint density at radius 3 is 1.72 bits per heavy atom. The van der Waals surface area contributed by atoms with Crippen molar-refractivity contribution >= 4 is 11.9 Å². The molecule has 1 unspecified atom stereocenters. The van der Waals surface area contributed by atoms with Gasteiger partial charge in [-0.15, -0.1) is 0 Å². The molecular formula is C9H18NO8+. The summed E-state index contributed by atoms with van der Waals surface area (Å²) < 4.78 is 3.61. The average molecular weight is 268 g/mol. The Morgan fingerprint density at radius 1 is 1.11 bits per heavy atom. The van der Waals surface area contributed by atoms with E-state index < -0.39 is 34.2 Å². The summed E-state index contributed by atoms with van der Waals surface area (Å²) in [5.41, 5.74) is 0. The molecule has 9 nitrogen and oxygen atoms in total. The number of carbonyl (C=O) groups is 2. The summed E-state index contributed by atoms with van der Waals surface area (Å²) in [6, 6.07) is 0. The Morgan fingerprint density at radius 2 is 1.50 bits per heavy atom. The fraction of sp³-hybridized carbons (Fsp3) is 0.778. The van der Waals surface area contributed by atoms with Gasteiger partial charge in [0.15, 0.2) is 0 Å². The molecule has 0 aliphatic rings. The van der Waals surface area contributed by atoms with Gasteiger partial charge in [-0.1, -0.05) is 0 Å². The molecule has 106 valence electrons. The maximum atomic E-state index is 10.8. The van der Waals surface area contributed by atoms with E-state index in [0.29, 0.717) is 0 Å². The molecule has 0 spiro atoms. The first-order valence-corrected chi connectivity index (χ1v) is 4.86. The smallest absolute Gasteiger partial charge is 0.368 e. The van der Waals surface area contributed by atoms with Crippen molar-refractivity contribution in [2.45, 2.75) is 24.7 Å². The third kappa shape index (κ3) is 3.15. The number of esters is 1. The lowest BCUT2D eigenvalue weighted by Crippen LogP contribution is -2.72. The van der Waals surface area contributed by atoms with Gasteiger partial charge in [0.05, 0.1) is 21.1 Å². The molecule has 5 N–H and O–H groups in total. The second-order valence-corrected chi connectivity index (χ2v) is 4.72. The van der Waals surface area contributed by atoms with Crippen LogP contribution in [0.2, 0.25) is 0 Å². The van der Waals surface area contributed by atoms with Crippen LogP contribution < -0.4 is 0 Å². The van der Waals surface area contributed by atoms with Gasteiger partial charge in [-0.2, -0.15) is 0 Å². The van der Waals surface area contributed by atoms with Crippen molar-refractivity contribution in [3.8, 4) is 0 Å². The summed E-state index contributed by atoms with van der Waals surface area (Å²) in [5, 5.41) is 47.0. The predicted molar refractivity (Wildman–Crippen MR) is 55.6 cm³/mol. The Labute approximate surface area is 103 Å². The van der Waals surface area contributed by atoms with E-state index >= 15 is 0 Å². The second-order valence-electron chi connectivity index (χ2n) is 4.72. The highest BCUT2D eigenvalue weighted by atomic mass is 16.7. The molecule has 0 aliphatic heterocycles. The van der Waals surface area contributed by atoms with Gasteiger partial charge in [0.1, 0.15) is 0 Å². The number of nitrogens with zero attached hydrogens (tertiary/aromatic N) is 1. The van der Waals surface area contributed by atoms with Crippen LogP contribution >= 0.6 is 0 Å². The summed E-state index contributed by atoms with van der Waals surface area (Å²) in [6.07, 6.45) is -2.50. The molecule has 0 radical (unpaired) electrons. The van der Waals surface area contributed by atoms with Gasteiger partial charge in [-0.05, 0) is 0 Å². The summed E-state index contributed by atoms with van der Waals surface area (Å²) in [6.45, 7) is 0.858. The van der Waals surface area contributed by atoms with E-state index in [-0.39, 0.29) is 0 Å². The molecule has 0 aromatic carbocycles. The van der Waals surface area contributed by atoms with Gasteiger partial charge < -0.3 is 30.3 Å². The molecular weight excluding hydrogens is 250 g/mol. The predicted octanol–water partition coefficient (Wildman–Crippen LogP) is -2.97. The molecule has 1 atom stereocenters. The first-order chi connectivity index (χ1) is 7.74. The summed E-state index contributed by atoms with van der Waals surface area (Å²) in [7, 11) is 3.69. The first-order valence-electron chi connectivity index (χ1n) is 4.86. The zero-order chi connectivity index (χ0) is 14.9. The molecule has 0 fully saturated rings. The van der Waals surface area contributed by atoms with Gasteiger partial charge in [-0.25, -0.2) is 4.79 Å². The second kappa shape index (κ2) is 4.78.